The van der Waals surface area contributed by atoms with Crippen molar-refractivity contribution in [3.05, 3.63) is 71.2 Å². The summed E-state index contributed by atoms with van der Waals surface area (Å²) in [6.07, 6.45) is 6.44. The van der Waals surface area contributed by atoms with E-state index in [-0.39, 0.29) is 22.9 Å². The molecule has 2 fully saturated rings. The van der Waals surface area contributed by atoms with E-state index in [1.54, 1.807) is 11.1 Å². The Morgan fingerprint density at radius 2 is 1.88 bits per heavy atom. The topological polar surface area (TPSA) is 82.6 Å². The van der Waals surface area contributed by atoms with Crippen molar-refractivity contribution in [3.8, 4) is 5.75 Å². The van der Waals surface area contributed by atoms with Crippen molar-refractivity contribution in [1.82, 2.24) is 9.88 Å². The lowest BCUT2D eigenvalue weighted by atomic mass is 9.90. The number of nitrogens with one attached hydrogen (secondary N) is 1. The number of hydrogen-bond acceptors (Lipinski definition) is 4. The highest BCUT2D eigenvalue weighted by Gasteiger charge is 2.49. The molecular weight excluding hydrogens is 423 g/mol. The number of Topliss-reactive ketones (excluding diaryl/α,β-unsaturated/α-hetero) is 1. The van der Waals surface area contributed by atoms with Crippen molar-refractivity contribution < 1.29 is 23.8 Å². The summed E-state index contributed by atoms with van der Waals surface area (Å²) in [4.78, 5) is 31.5. The van der Waals surface area contributed by atoms with Crippen LogP contribution in [0.3, 0.4) is 0 Å². The molecule has 2 heterocycles. The lowest BCUT2D eigenvalue weighted by Crippen LogP contribution is -2.40. The molecular formula is C26H25FN2O4. The molecule has 5 rings (SSSR count). The molecule has 3 aromatic rings. The SMILES string of the molecule is COc1ccc(F)cc1/C(O)=C1\C(=O)C(=O)N(C2CCCCC2)C1c1c[nH]c2ccccc12. The number of nitrogens with zero attached hydrogens (tertiary/aromatic N) is 1. The van der Waals surface area contributed by atoms with E-state index in [4.69, 9.17) is 4.74 Å². The second-order valence-corrected chi connectivity index (χ2v) is 8.63. The normalized spacial score (nSPS) is 21.2. The molecule has 0 spiro atoms. The first-order chi connectivity index (χ1) is 16.0. The fourth-order valence-corrected chi connectivity index (χ4v) is 5.22. The van der Waals surface area contributed by atoms with Gasteiger partial charge in [-0.2, -0.15) is 0 Å². The minimum Gasteiger partial charge on any atom is -0.507 e. The van der Waals surface area contributed by atoms with Crippen molar-refractivity contribution in [3.63, 3.8) is 0 Å². The molecule has 1 aliphatic heterocycles. The molecule has 1 amide bonds. The Balaban J connectivity index is 1.75. The Morgan fingerprint density at radius 1 is 1.12 bits per heavy atom. The molecule has 1 aliphatic carbocycles. The number of benzene rings is 2. The number of fused-ring (bicyclic) bond motifs is 1. The Morgan fingerprint density at radius 3 is 2.64 bits per heavy atom. The van der Waals surface area contributed by atoms with Gasteiger partial charge in [0.05, 0.1) is 24.3 Å². The maximum absolute atomic E-state index is 14.1. The summed E-state index contributed by atoms with van der Waals surface area (Å²) in [7, 11) is 1.40. The van der Waals surface area contributed by atoms with E-state index in [0.717, 1.165) is 54.6 Å². The largest absolute Gasteiger partial charge is 0.507 e. The molecule has 2 N–H and O–H groups in total. The highest BCUT2D eigenvalue weighted by molar-refractivity contribution is 6.46. The van der Waals surface area contributed by atoms with Gasteiger partial charge in [-0.3, -0.25) is 9.59 Å². The number of aromatic nitrogens is 1. The van der Waals surface area contributed by atoms with Gasteiger partial charge in [-0.05, 0) is 37.1 Å². The van der Waals surface area contributed by atoms with E-state index < -0.39 is 29.3 Å². The van der Waals surface area contributed by atoms with E-state index in [1.165, 1.54) is 19.2 Å². The zero-order valence-corrected chi connectivity index (χ0v) is 18.3. The number of likely N-dealkylation sites (tertiary alicyclic amines) is 1. The molecule has 2 aliphatic rings. The van der Waals surface area contributed by atoms with Gasteiger partial charge in [-0.15, -0.1) is 0 Å². The van der Waals surface area contributed by atoms with Gasteiger partial charge in [0, 0.05) is 28.7 Å². The summed E-state index contributed by atoms with van der Waals surface area (Å²) in [6.45, 7) is 0. The predicted octanol–water partition coefficient (Wildman–Crippen LogP) is 5.07. The van der Waals surface area contributed by atoms with Crippen LogP contribution in [-0.4, -0.2) is 39.8 Å². The summed E-state index contributed by atoms with van der Waals surface area (Å²) in [5.41, 5.74) is 1.60. The molecule has 7 heteroatoms. The Hall–Kier alpha value is -3.61. The summed E-state index contributed by atoms with van der Waals surface area (Å²) in [5.74, 6) is -2.19. The number of para-hydroxylation sites is 1. The van der Waals surface area contributed by atoms with E-state index >= 15 is 0 Å². The second-order valence-electron chi connectivity index (χ2n) is 8.63. The number of H-pyrrole nitrogens is 1. The number of carbonyl (C=O) groups excluding carboxylic acids is 2. The zero-order valence-electron chi connectivity index (χ0n) is 18.3. The van der Waals surface area contributed by atoms with Gasteiger partial charge in [0.2, 0.25) is 0 Å². The van der Waals surface area contributed by atoms with Gasteiger partial charge in [0.25, 0.3) is 11.7 Å². The van der Waals surface area contributed by atoms with Crippen LogP contribution in [0.5, 0.6) is 5.75 Å². The van der Waals surface area contributed by atoms with E-state index in [1.807, 2.05) is 24.3 Å². The number of ether oxygens (including phenoxy) is 1. The number of aliphatic hydroxyl groups is 1. The lowest BCUT2D eigenvalue weighted by molar-refractivity contribution is -0.141. The van der Waals surface area contributed by atoms with Crippen LogP contribution in [0.25, 0.3) is 16.7 Å². The van der Waals surface area contributed by atoms with Gasteiger partial charge in [-0.25, -0.2) is 4.39 Å². The monoisotopic (exact) mass is 448 g/mol. The van der Waals surface area contributed by atoms with E-state index in [0.29, 0.717) is 0 Å². The molecule has 1 unspecified atom stereocenters. The lowest BCUT2D eigenvalue weighted by Gasteiger charge is -2.35. The summed E-state index contributed by atoms with van der Waals surface area (Å²) < 4.78 is 19.4. The molecule has 33 heavy (non-hydrogen) atoms. The third-order valence-electron chi connectivity index (χ3n) is 6.78. The number of rotatable bonds is 4. The van der Waals surface area contributed by atoms with Gasteiger partial charge in [0.15, 0.2) is 0 Å². The number of hydrogen-bond donors (Lipinski definition) is 2. The highest BCUT2D eigenvalue weighted by Crippen LogP contribution is 2.45. The van der Waals surface area contributed by atoms with Crippen LogP contribution in [0, 0.1) is 5.82 Å². The highest BCUT2D eigenvalue weighted by atomic mass is 19.1. The van der Waals surface area contributed by atoms with E-state index in [2.05, 4.69) is 4.98 Å². The number of carbonyl (C=O) groups is 2. The number of ketones is 1. The average molecular weight is 448 g/mol. The molecule has 1 saturated heterocycles. The van der Waals surface area contributed by atoms with Gasteiger partial charge < -0.3 is 19.7 Å². The zero-order chi connectivity index (χ0) is 23.1. The smallest absolute Gasteiger partial charge is 0.295 e. The van der Waals surface area contributed by atoms with Crippen LogP contribution in [0.1, 0.15) is 49.3 Å². The van der Waals surface area contributed by atoms with Gasteiger partial charge in [-0.1, -0.05) is 37.5 Å². The van der Waals surface area contributed by atoms with Crippen molar-refractivity contribution in [1.29, 1.82) is 0 Å². The number of amides is 1. The predicted molar refractivity (Wildman–Crippen MR) is 122 cm³/mol. The van der Waals surface area contributed by atoms with Crippen molar-refractivity contribution >= 4 is 28.4 Å². The number of methoxy groups -OCH3 is 1. The maximum Gasteiger partial charge on any atom is 0.295 e. The Kier molecular flexibility index (Phi) is 5.40. The van der Waals surface area contributed by atoms with Crippen LogP contribution in [0.15, 0.2) is 54.2 Å². The minimum atomic E-state index is -0.780. The fraction of sp³-hybridized carbons (Fsp3) is 0.308. The number of halogens is 1. The Labute approximate surface area is 190 Å². The molecule has 2 aromatic carbocycles. The van der Waals surface area contributed by atoms with Crippen LogP contribution in [0.4, 0.5) is 4.39 Å². The molecule has 0 radical (unpaired) electrons. The third-order valence-corrected chi connectivity index (χ3v) is 6.78. The van der Waals surface area contributed by atoms with Crippen LogP contribution in [-0.2, 0) is 9.59 Å². The van der Waals surface area contributed by atoms with Crippen LogP contribution < -0.4 is 4.74 Å². The van der Waals surface area contributed by atoms with Crippen LogP contribution in [0.2, 0.25) is 0 Å². The summed E-state index contributed by atoms with van der Waals surface area (Å²) in [6, 6.07) is 10.5. The minimum absolute atomic E-state index is 0.0424. The van der Waals surface area contributed by atoms with Gasteiger partial charge >= 0.3 is 0 Å². The molecule has 170 valence electrons. The quantitative estimate of drug-likeness (QED) is 0.332. The van der Waals surface area contributed by atoms with Crippen molar-refractivity contribution in [2.24, 2.45) is 0 Å². The molecule has 1 aromatic heterocycles. The van der Waals surface area contributed by atoms with Crippen LogP contribution >= 0.6 is 0 Å². The average Bonchev–Trinajstić information content (AvgIpc) is 3.37. The first kappa shape index (κ1) is 21.2. The third kappa shape index (κ3) is 3.48. The Bertz CT molecular complexity index is 1270. The van der Waals surface area contributed by atoms with Crippen molar-refractivity contribution in [2.75, 3.05) is 7.11 Å². The molecule has 1 atom stereocenters. The first-order valence-corrected chi connectivity index (χ1v) is 11.2. The second kappa shape index (κ2) is 8.39. The molecule has 6 nitrogen and oxygen atoms in total. The standard InChI is InChI=1S/C26H25FN2O4/c1-33-21-12-11-15(27)13-18(21)24(30)22-23(19-14-28-20-10-6-5-9-17(19)20)29(26(32)25(22)31)16-7-3-2-4-8-16/h5-6,9-14,16,23,28,30H,2-4,7-8H2,1H3/b24-22+. The molecule has 0 bridgehead atoms. The summed E-state index contributed by atoms with van der Waals surface area (Å²) in [5, 5.41) is 12.2. The fourth-order valence-electron chi connectivity index (χ4n) is 5.22. The van der Waals surface area contributed by atoms with Crippen molar-refractivity contribution in [2.45, 2.75) is 44.2 Å². The first-order valence-electron chi connectivity index (χ1n) is 11.2. The van der Waals surface area contributed by atoms with E-state index in [9.17, 15) is 19.1 Å². The maximum atomic E-state index is 14.1. The number of aromatic amines is 1. The molecule has 1 saturated carbocycles. The summed E-state index contributed by atoms with van der Waals surface area (Å²) >= 11 is 0. The van der Waals surface area contributed by atoms with Gasteiger partial charge in [0.1, 0.15) is 17.3 Å². The number of aliphatic hydroxyl groups excluding tert-OH is 1.